The summed E-state index contributed by atoms with van der Waals surface area (Å²) in [6.07, 6.45) is 2.45. The van der Waals surface area contributed by atoms with Gasteiger partial charge in [0.25, 0.3) is 0 Å². The molecule has 2 rings (SSSR count). The van der Waals surface area contributed by atoms with Crippen LogP contribution < -0.4 is 10.1 Å². The maximum Gasteiger partial charge on any atom is 0.119 e. The predicted molar refractivity (Wildman–Crippen MR) is 79.7 cm³/mol. The van der Waals surface area contributed by atoms with Gasteiger partial charge in [-0.15, -0.1) is 0 Å². The van der Waals surface area contributed by atoms with Crippen molar-refractivity contribution >= 4 is 0 Å². The van der Waals surface area contributed by atoms with E-state index < -0.39 is 0 Å². The largest absolute Gasteiger partial charge is 0.494 e. The molecule has 0 aliphatic carbocycles. The standard InChI is InChI=1S/C16H26N2O/c1-3-5-16(18-12-10-17-11-13-18)14-6-8-15(9-7-14)19-4-2/h6-9,16-17H,3-5,10-13H2,1-2H3/t16-/m1/s1. The first kappa shape index (κ1) is 14.4. The van der Waals surface area contributed by atoms with Gasteiger partial charge in [0.05, 0.1) is 6.61 Å². The molecule has 3 nitrogen and oxygen atoms in total. The van der Waals surface area contributed by atoms with Crippen LogP contribution in [0.3, 0.4) is 0 Å². The van der Waals surface area contributed by atoms with Crippen molar-refractivity contribution in [2.45, 2.75) is 32.7 Å². The van der Waals surface area contributed by atoms with Crippen molar-refractivity contribution in [1.29, 1.82) is 0 Å². The van der Waals surface area contributed by atoms with E-state index >= 15 is 0 Å². The first-order valence-corrected chi connectivity index (χ1v) is 7.52. The molecule has 0 radical (unpaired) electrons. The normalized spacial score (nSPS) is 18.2. The number of hydrogen-bond acceptors (Lipinski definition) is 3. The van der Waals surface area contributed by atoms with Gasteiger partial charge in [-0.2, -0.15) is 0 Å². The van der Waals surface area contributed by atoms with Gasteiger partial charge in [-0.1, -0.05) is 25.5 Å². The Bertz CT molecular complexity index is 358. The molecule has 19 heavy (non-hydrogen) atoms. The second-order valence-electron chi connectivity index (χ2n) is 5.09. The summed E-state index contributed by atoms with van der Waals surface area (Å²) >= 11 is 0. The van der Waals surface area contributed by atoms with Crippen LogP contribution in [0, 0.1) is 0 Å². The topological polar surface area (TPSA) is 24.5 Å². The number of ether oxygens (including phenoxy) is 1. The Balaban J connectivity index is 2.08. The molecule has 0 aromatic heterocycles. The van der Waals surface area contributed by atoms with Gasteiger partial charge in [-0.3, -0.25) is 4.90 Å². The average Bonchev–Trinajstić information content (AvgIpc) is 2.47. The third-order valence-electron chi connectivity index (χ3n) is 3.73. The van der Waals surface area contributed by atoms with E-state index in [1.165, 1.54) is 18.4 Å². The summed E-state index contributed by atoms with van der Waals surface area (Å²) in [6, 6.07) is 9.22. The fraction of sp³-hybridized carbons (Fsp3) is 0.625. The number of rotatable bonds is 6. The summed E-state index contributed by atoms with van der Waals surface area (Å²) < 4.78 is 5.52. The lowest BCUT2D eigenvalue weighted by atomic mass is 10.00. The number of piperazine rings is 1. The zero-order valence-corrected chi connectivity index (χ0v) is 12.2. The molecule has 1 heterocycles. The quantitative estimate of drug-likeness (QED) is 0.853. The lowest BCUT2D eigenvalue weighted by molar-refractivity contribution is 0.164. The minimum Gasteiger partial charge on any atom is -0.494 e. The molecule has 1 saturated heterocycles. The van der Waals surface area contributed by atoms with Crippen molar-refractivity contribution in [3.8, 4) is 5.75 Å². The Kier molecular flexibility index (Phi) is 5.67. The summed E-state index contributed by atoms with van der Waals surface area (Å²) in [6.45, 7) is 9.54. The van der Waals surface area contributed by atoms with Crippen LogP contribution in [0.1, 0.15) is 38.3 Å². The van der Waals surface area contributed by atoms with E-state index in [0.29, 0.717) is 6.04 Å². The summed E-state index contributed by atoms with van der Waals surface area (Å²) in [4.78, 5) is 2.61. The summed E-state index contributed by atoms with van der Waals surface area (Å²) in [7, 11) is 0. The Morgan fingerprint density at radius 1 is 1.16 bits per heavy atom. The average molecular weight is 262 g/mol. The van der Waals surface area contributed by atoms with E-state index in [-0.39, 0.29) is 0 Å². The summed E-state index contributed by atoms with van der Waals surface area (Å²) in [5, 5.41) is 3.43. The van der Waals surface area contributed by atoms with E-state index in [1.807, 2.05) is 6.92 Å². The molecule has 1 aliphatic heterocycles. The lowest BCUT2D eigenvalue weighted by Crippen LogP contribution is -2.45. The van der Waals surface area contributed by atoms with E-state index in [1.54, 1.807) is 0 Å². The Morgan fingerprint density at radius 2 is 1.84 bits per heavy atom. The Morgan fingerprint density at radius 3 is 2.42 bits per heavy atom. The van der Waals surface area contributed by atoms with E-state index in [9.17, 15) is 0 Å². The molecule has 1 aromatic rings. The number of hydrogen-bond donors (Lipinski definition) is 1. The molecule has 1 aromatic carbocycles. The van der Waals surface area contributed by atoms with E-state index in [2.05, 4.69) is 41.4 Å². The second kappa shape index (κ2) is 7.51. The number of nitrogens with one attached hydrogen (secondary N) is 1. The second-order valence-corrected chi connectivity index (χ2v) is 5.09. The van der Waals surface area contributed by atoms with Gasteiger partial charge in [0, 0.05) is 32.2 Å². The molecule has 0 bridgehead atoms. The lowest BCUT2D eigenvalue weighted by Gasteiger charge is -2.35. The van der Waals surface area contributed by atoms with Crippen LogP contribution in [0.5, 0.6) is 5.75 Å². The van der Waals surface area contributed by atoms with Crippen molar-refractivity contribution in [2.75, 3.05) is 32.8 Å². The first-order chi connectivity index (χ1) is 9.35. The molecular formula is C16H26N2O. The van der Waals surface area contributed by atoms with Gasteiger partial charge in [0.15, 0.2) is 0 Å². The fourth-order valence-electron chi connectivity index (χ4n) is 2.78. The highest BCUT2D eigenvalue weighted by atomic mass is 16.5. The predicted octanol–water partition coefficient (Wildman–Crippen LogP) is 2.83. The molecule has 3 heteroatoms. The highest BCUT2D eigenvalue weighted by Gasteiger charge is 2.21. The van der Waals surface area contributed by atoms with Gasteiger partial charge in [-0.05, 0) is 31.0 Å². The minimum absolute atomic E-state index is 0.558. The van der Waals surface area contributed by atoms with Gasteiger partial charge in [-0.25, -0.2) is 0 Å². The van der Waals surface area contributed by atoms with Gasteiger partial charge < -0.3 is 10.1 Å². The molecule has 0 spiro atoms. The van der Waals surface area contributed by atoms with Crippen molar-refractivity contribution in [1.82, 2.24) is 10.2 Å². The van der Waals surface area contributed by atoms with Crippen molar-refractivity contribution < 1.29 is 4.74 Å². The highest BCUT2D eigenvalue weighted by Crippen LogP contribution is 2.27. The SMILES string of the molecule is CCC[C@H](c1ccc(OCC)cc1)N1CCNCC1. The molecular weight excluding hydrogens is 236 g/mol. The maximum absolute atomic E-state index is 5.52. The minimum atomic E-state index is 0.558. The smallest absolute Gasteiger partial charge is 0.119 e. The van der Waals surface area contributed by atoms with Gasteiger partial charge in [0.2, 0.25) is 0 Å². The zero-order valence-electron chi connectivity index (χ0n) is 12.2. The van der Waals surface area contributed by atoms with Gasteiger partial charge in [0.1, 0.15) is 5.75 Å². The monoisotopic (exact) mass is 262 g/mol. The van der Waals surface area contributed by atoms with Gasteiger partial charge >= 0.3 is 0 Å². The molecule has 1 N–H and O–H groups in total. The fourth-order valence-corrected chi connectivity index (χ4v) is 2.78. The van der Waals surface area contributed by atoms with Crippen LogP contribution >= 0.6 is 0 Å². The van der Waals surface area contributed by atoms with Crippen LogP contribution in [0.25, 0.3) is 0 Å². The Labute approximate surface area is 116 Å². The number of benzene rings is 1. The molecule has 1 atom stereocenters. The third-order valence-corrected chi connectivity index (χ3v) is 3.73. The van der Waals surface area contributed by atoms with Crippen molar-refractivity contribution in [3.05, 3.63) is 29.8 Å². The van der Waals surface area contributed by atoms with Crippen LogP contribution in [-0.2, 0) is 0 Å². The van der Waals surface area contributed by atoms with Crippen LogP contribution in [0.4, 0.5) is 0 Å². The molecule has 1 fully saturated rings. The number of nitrogens with zero attached hydrogens (tertiary/aromatic N) is 1. The third kappa shape index (κ3) is 3.95. The summed E-state index contributed by atoms with van der Waals surface area (Å²) in [5.41, 5.74) is 1.42. The van der Waals surface area contributed by atoms with Crippen molar-refractivity contribution in [3.63, 3.8) is 0 Å². The van der Waals surface area contributed by atoms with E-state index in [0.717, 1.165) is 38.5 Å². The highest BCUT2D eigenvalue weighted by molar-refractivity contribution is 5.29. The van der Waals surface area contributed by atoms with E-state index in [4.69, 9.17) is 4.74 Å². The molecule has 0 saturated carbocycles. The maximum atomic E-state index is 5.52. The molecule has 1 aliphatic rings. The molecule has 0 amide bonds. The van der Waals surface area contributed by atoms with Crippen LogP contribution in [-0.4, -0.2) is 37.7 Å². The first-order valence-electron chi connectivity index (χ1n) is 7.52. The zero-order chi connectivity index (χ0) is 13.5. The molecule has 0 unspecified atom stereocenters. The van der Waals surface area contributed by atoms with Crippen molar-refractivity contribution in [2.24, 2.45) is 0 Å². The summed E-state index contributed by atoms with van der Waals surface area (Å²) in [5.74, 6) is 0.974. The Hall–Kier alpha value is -1.06. The molecule has 106 valence electrons. The van der Waals surface area contributed by atoms with Crippen LogP contribution in [0.15, 0.2) is 24.3 Å². The van der Waals surface area contributed by atoms with Crippen LogP contribution in [0.2, 0.25) is 0 Å².